The number of aromatic nitrogens is 1. The molecule has 0 aliphatic heterocycles. The van der Waals surface area contributed by atoms with E-state index in [1.54, 1.807) is 0 Å². The molecule has 1 heterocycles. The van der Waals surface area contributed by atoms with Crippen LogP contribution in [0.2, 0.25) is 0 Å². The Labute approximate surface area is 147 Å². The van der Waals surface area contributed by atoms with Crippen molar-refractivity contribution in [2.24, 2.45) is 0 Å². The lowest BCUT2D eigenvalue weighted by molar-refractivity contribution is -0.120. The van der Waals surface area contributed by atoms with Crippen LogP contribution in [0, 0.1) is 0 Å². The van der Waals surface area contributed by atoms with Gasteiger partial charge in [0.2, 0.25) is 5.91 Å². The molecule has 4 N–H and O–H groups in total. The first-order chi connectivity index (χ1) is 12.2. The molecule has 1 aliphatic carbocycles. The first-order valence-electron chi connectivity index (χ1n) is 9.08. The third kappa shape index (κ3) is 4.98. The van der Waals surface area contributed by atoms with Crippen LogP contribution in [0.15, 0.2) is 30.5 Å². The van der Waals surface area contributed by atoms with Gasteiger partial charge in [0.1, 0.15) is 0 Å². The van der Waals surface area contributed by atoms with Crippen LogP contribution in [0.5, 0.6) is 0 Å². The summed E-state index contributed by atoms with van der Waals surface area (Å²) in [7, 11) is 0. The number of rotatable bonds is 6. The number of nitrogens with one attached hydrogen (secondary N) is 4. The number of amides is 3. The summed E-state index contributed by atoms with van der Waals surface area (Å²) in [5, 5.41) is 9.60. The van der Waals surface area contributed by atoms with E-state index in [9.17, 15) is 9.59 Å². The van der Waals surface area contributed by atoms with Gasteiger partial charge in [0, 0.05) is 29.7 Å². The first-order valence-corrected chi connectivity index (χ1v) is 9.08. The van der Waals surface area contributed by atoms with Gasteiger partial charge in [-0.25, -0.2) is 4.79 Å². The highest BCUT2D eigenvalue weighted by Gasteiger charge is 2.15. The Balaban J connectivity index is 1.34. The van der Waals surface area contributed by atoms with Crippen LogP contribution in [-0.4, -0.2) is 36.1 Å². The lowest BCUT2D eigenvalue weighted by atomic mass is 9.96. The number of H-pyrrole nitrogens is 1. The molecule has 0 spiro atoms. The fourth-order valence-electron chi connectivity index (χ4n) is 3.38. The molecule has 0 atom stereocenters. The number of aromatic amines is 1. The van der Waals surface area contributed by atoms with Gasteiger partial charge >= 0.3 is 6.03 Å². The van der Waals surface area contributed by atoms with Gasteiger partial charge in [0.25, 0.3) is 0 Å². The molecule has 6 nitrogen and oxygen atoms in total. The minimum Gasteiger partial charge on any atom is -0.361 e. The molecule has 3 rings (SSSR count). The van der Waals surface area contributed by atoms with Gasteiger partial charge < -0.3 is 20.9 Å². The van der Waals surface area contributed by atoms with E-state index in [0.717, 1.165) is 24.8 Å². The average molecular weight is 342 g/mol. The highest BCUT2D eigenvalue weighted by molar-refractivity contribution is 5.84. The van der Waals surface area contributed by atoms with E-state index in [1.165, 1.54) is 30.2 Å². The first kappa shape index (κ1) is 17.3. The molecule has 0 saturated heterocycles. The summed E-state index contributed by atoms with van der Waals surface area (Å²) >= 11 is 0. The number of urea groups is 1. The molecule has 0 unspecified atom stereocenters. The highest BCUT2D eigenvalue weighted by Crippen LogP contribution is 2.18. The summed E-state index contributed by atoms with van der Waals surface area (Å²) in [6, 6.07) is 8.10. The van der Waals surface area contributed by atoms with Gasteiger partial charge in [0.05, 0.1) is 6.54 Å². The molecule has 2 aromatic rings. The second-order valence-corrected chi connectivity index (χ2v) is 6.62. The summed E-state index contributed by atoms with van der Waals surface area (Å²) in [6.07, 6.45) is 8.38. The Hall–Kier alpha value is -2.50. The van der Waals surface area contributed by atoms with E-state index in [-0.39, 0.29) is 24.5 Å². The molecule has 3 amide bonds. The van der Waals surface area contributed by atoms with Crippen LogP contribution in [0.3, 0.4) is 0 Å². The molecular weight excluding hydrogens is 316 g/mol. The van der Waals surface area contributed by atoms with Crippen molar-refractivity contribution in [2.75, 3.05) is 13.1 Å². The second-order valence-electron chi connectivity index (χ2n) is 6.62. The molecule has 25 heavy (non-hydrogen) atoms. The summed E-state index contributed by atoms with van der Waals surface area (Å²) in [6.45, 7) is 0.555. The van der Waals surface area contributed by atoms with Crippen LogP contribution in [0.25, 0.3) is 10.9 Å². The van der Waals surface area contributed by atoms with Crippen LogP contribution >= 0.6 is 0 Å². The van der Waals surface area contributed by atoms with Gasteiger partial charge in [-0.2, -0.15) is 0 Å². The van der Waals surface area contributed by atoms with Crippen LogP contribution in [0.1, 0.15) is 37.7 Å². The Morgan fingerprint density at radius 1 is 1.08 bits per heavy atom. The van der Waals surface area contributed by atoms with Crippen molar-refractivity contribution in [1.82, 2.24) is 20.9 Å². The minimum atomic E-state index is -0.251. The van der Waals surface area contributed by atoms with E-state index in [1.807, 2.05) is 24.4 Å². The van der Waals surface area contributed by atoms with Crippen molar-refractivity contribution in [2.45, 2.75) is 44.6 Å². The zero-order chi connectivity index (χ0) is 17.5. The predicted octanol–water partition coefficient (Wildman–Crippen LogP) is 2.46. The second kappa shape index (κ2) is 8.55. The molecule has 6 heteroatoms. The Morgan fingerprint density at radius 3 is 2.72 bits per heavy atom. The number of para-hydroxylation sites is 1. The fourth-order valence-corrected chi connectivity index (χ4v) is 3.38. The summed E-state index contributed by atoms with van der Waals surface area (Å²) in [5.41, 5.74) is 2.28. The zero-order valence-electron chi connectivity index (χ0n) is 14.4. The molecule has 1 aromatic carbocycles. The minimum absolute atomic E-state index is 0.00639. The van der Waals surface area contributed by atoms with Crippen LogP contribution in [0.4, 0.5) is 4.79 Å². The van der Waals surface area contributed by atoms with E-state index in [0.29, 0.717) is 6.54 Å². The largest absolute Gasteiger partial charge is 0.361 e. The fraction of sp³-hybridized carbons (Fsp3) is 0.474. The highest BCUT2D eigenvalue weighted by atomic mass is 16.2. The number of carbonyl (C=O) groups excluding carboxylic acids is 2. The molecule has 1 saturated carbocycles. The lowest BCUT2D eigenvalue weighted by Crippen LogP contribution is -2.46. The van der Waals surface area contributed by atoms with Gasteiger partial charge in [-0.3, -0.25) is 4.79 Å². The Bertz CT molecular complexity index is 719. The summed E-state index contributed by atoms with van der Waals surface area (Å²) in [4.78, 5) is 26.9. The normalized spacial score (nSPS) is 15.0. The van der Waals surface area contributed by atoms with Crippen molar-refractivity contribution in [1.29, 1.82) is 0 Å². The van der Waals surface area contributed by atoms with E-state index in [4.69, 9.17) is 0 Å². The predicted molar refractivity (Wildman–Crippen MR) is 98.4 cm³/mol. The molecule has 1 aliphatic rings. The molecule has 0 radical (unpaired) electrons. The van der Waals surface area contributed by atoms with Crippen molar-refractivity contribution in [3.63, 3.8) is 0 Å². The SMILES string of the molecule is O=C(CNC(=O)NC1CCCCC1)NCCc1c[nH]c2ccccc12. The van der Waals surface area contributed by atoms with Gasteiger partial charge in [-0.15, -0.1) is 0 Å². The van der Waals surface area contributed by atoms with Gasteiger partial charge in [-0.05, 0) is 30.9 Å². The maximum Gasteiger partial charge on any atom is 0.315 e. The smallest absolute Gasteiger partial charge is 0.315 e. The van der Waals surface area contributed by atoms with Crippen molar-refractivity contribution in [3.05, 3.63) is 36.0 Å². The molecular formula is C19H26N4O2. The molecule has 1 fully saturated rings. The number of fused-ring (bicyclic) bond motifs is 1. The van der Waals surface area contributed by atoms with E-state index >= 15 is 0 Å². The molecule has 134 valence electrons. The summed E-state index contributed by atoms with van der Waals surface area (Å²) in [5.74, 6) is -0.168. The quantitative estimate of drug-likeness (QED) is 0.650. The number of carbonyl (C=O) groups is 2. The Kier molecular flexibility index (Phi) is 5.93. The third-order valence-corrected chi connectivity index (χ3v) is 4.74. The Morgan fingerprint density at radius 2 is 1.88 bits per heavy atom. The van der Waals surface area contributed by atoms with Crippen molar-refractivity contribution in [3.8, 4) is 0 Å². The number of benzene rings is 1. The number of hydrogen-bond acceptors (Lipinski definition) is 2. The molecule has 1 aromatic heterocycles. The third-order valence-electron chi connectivity index (χ3n) is 4.74. The summed E-state index contributed by atoms with van der Waals surface area (Å²) < 4.78 is 0. The van der Waals surface area contributed by atoms with Gasteiger partial charge in [-0.1, -0.05) is 37.5 Å². The maximum atomic E-state index is 11.9. The van der Waals surface area contributed by atoms with Crippen LogP contribution in [-0.2, 0) is 11.2 Å². The molecule has 0 bridgehead atoms. The van der Waals surface area contributed by atoms with Crippen molar-refractivity contribution < 1.29 is 9.59 Å². The van der Waals surface area contributed by atoms with Crippen molar-refractivity contribution >= 4 is 22.8 Å². The average Bonchev–Trinajstić information content (AvgIpc) is 3.04. The standard InChI is InChI=1S/C19H26N4O2/c24-18(13-22-19(25)23-15-6-2-1-3-7-15)20-11-10-14-12-21-17-9-5-4-8-16(14)17/h4-5,8-9,12,15,21H,1-3,6-7,10-11,13H2,(H,20,24)(H2,22,23,25). The lowest BCUT2D eigenvalue weighted by Gasteiger charge is -2.22. The van der Waals surface area contributed by atoms with Gasteiger partial charge in [0.15, 0.2) is 0 Å². The topological polar surface area (TPSA) is 86.0 Å². The van der Waals surface area contributed by atoms with E-state index < -0.39 is 0 Å². The maximum absolute atomic E-state index is 11.9. The van der Waals surface area contributed by atoms with E-state index in [2.05, 4.69) is 27.0 Å². The zero-order valence-corrected chi connectivity index (χ0v) is 14.4. The van der Waals surface area contributed by atoms with Crippen LogP contribution < -0.4 is 16.0 Å². The monoisotopic (exact) mass is 342 g/mol. The number of hydrogen-bond donors (Lipinski definition) is 4.